The first-order valence-electron chi connectivity index (χ1n) is 7.31. The van der Waals surface area contributed by atoms with Gasteiger partial charge in [-0.3, -0.25) is 4.79 Å². The van der Waals surface area contributed by atoms with Crippen LogP contribution >= 0.6 is 12.4 Å². The number of halogens is 1. The van der Waals surface area contributed by atoms with E-state index >= 15 is 0 Å². The largest absolute Gasteiger partial charge is 0.496 e. The minimum absolute atomic E-state index is 0. The van der Waals surface area contributed by atoms with Crippen molar-refractivity contribution in [3.8, 4) is 5.75 Å². The van der Waals surface area contributed by atoms with Crippen molar-refractivity contribution in [3.63, 3.8) is 0 Å². The molecule has 1 aromatic carbocycles. The van der Waals surface area contributed by atoms with Crippen molar-refractivity contribution in [3.05, 3.63) is 29.8 Å². The van der Waals surface area contributed by atoms with E-state index < -0.39 is 5.54 Å². The fraction of sp³-hybridized carbons (Fsp3) is 0.562. The topological polar surface area (TPSA) is 50.4 Å². The highest BCUT2D eigenvalue weighted by Crippen LogP contribution is 2.19. The van der Waals surface area contributed by atoms with Crippen LogP contribution in [0.3, 0.4) is 0 Å². The quantitative estimate of drug-likeness (QED) is 0.877. The first-order chi connectivity index (χ1) is 9.65. The molecule has 1 amide bonds. The molecule has 1 aliphatic heterocycles. The molecule has 1 atom stereocenters. The molecule has 1 aromatic rings. The third-order valence-electron chi connectivity index (χ3n) is 3.99. The van der Waals surface area contributed by atoms with Crippen LogP contribution in [0.2, 0.25) is 0 Å². The summed E-state index contributed by atoms with van der Waals surface area (Å²) in [6, 6.07) is 7.92. The van der Waals surface area contributed by atoms with E-state index in [2.05, 4.69) is 10.6 Å². The van der Waals surface area contributed by atoms with Crippen molar-refractivity contribution in [2.75, 3.05) is 20.2 Å². The molecule has 1 heterocycles. The maximum atomic E-state index is 12.3. The molecule has 21 heavy (non-hydrogen) atoms. The maximum Gasteiger partial charge on any atom is 0.240 e. The Bertz CT molecular complexity index is 459. The molecule has 5 heteroatoms. The standard InChI is InChI=1S/C16H24N2O2.ClH/c1-16(10-5-6-11-18-16)15(19)17-12-9-13-7-3-4-8-14(13)20-2;/h3-4,7-8,18H,5-6,9-12H2,1-2H3,(H,17,19);1H. The predicted octanol–water partition coefficient (Wildman–Crippen LogP) is 2.31. The van der Waals surface area contributed by atoms with Crippen molar-refractivity contribution in [2.45, 2.75) is 38.1 Å². The Labute approximate surface area is 133 Å². The number of amides is 1. The molecule has 0 bridgehead atoms. The molecule has 2 rings (SSSR count). The van der Waals surface area contributed by atoms with Crippen LogP contribution in [-0.2, 0) is 11.2 Å². The van der Waals surface area contributed by atoms with E-state index in [0.717, 1.165) is 43.5 Å². The van der Waals surface area contributed by atoms with Crippen LogP contribution in [0.1, 0.15) is 31.7 Å². The normalized spacial score (nSPS) is 21.2. The van der Waals surface area contributed by atoms with Gasteiger partial charge < -0.3 is 15.4 Å². The Balaban J connectivity index is 0.00000220. The molecule has 118 valence electrons. The number of nitrogens with one attached hydrogen (secondary N) is 2. The molecule has 2 N–H and O–H groups in total. The third kappa shape index (κ3) is 4.61. The molecule has 1 saturated heterocycles. The molecule has 0 spiro atoms. The number of para-hydroxylation sites is 1. The molecule has 0 radical (unpaired) electrons. The summed E-state index contributed by atoms with van der Waals surface area (Å²) in [5.74, 6) is 0.982. The fourth-order valence-electron chi connectivity index (χ4n) is 2.67. The average molecular weight is 313 g/mol. The van der Waals surface area contributed by atoms with Crippen LogP contribution < -0.4 is 15.4 Å². The Morgan fingerprint density at radius 1 is 1.38 bits per heavy atom. The van der Waals surface area contributed by atoms with Gasteiger partial charge in [-0.15, -0.1) is 12.4 Å². The van der Waals surface area contributed by atoms with Gasteiger partial charge in [0.15, 0.2) is 0 Å². The molecule has 0 aromatic heterocycles. The predicted molar refractivity (Wildman–Crippen MR) is 87.2 cm³/mol. The van der Waals surface area contributed by atoms with Gasteiger partial charge in [0.25, 0.3) is 0 Å². The van der Waals surface area contributed by atoms with Gasteiger partial charge in [0.1, 0.15) is 5.75 Å². The zero-order valence-corrected chi connectivity index (χ0v) is 13.6. The number of carbonyl (C=O) groups excluding carboxylic acids is 1. The Hall–Kier alpha value is -1.26. The van der Waals surface area contributed by atoms with E-state index in [-0.39, 0.29) is 18.3 Å². The highest BCUT2D eigenvalue weighted by molar-refractivity contribution is 5.86. The van der Waals surface area contributed by atoms with E-state index in [0.29, 0.717) is 6.54 Å². The second-order valence-corrected chi connectivity index (χ2v) is 5.53. The van der Waals surface area contributed by atoms with Crippen LogP contribution in [0.5, 0.6) is 5.75 Å². The van der Waals surface area contributed by atoms with Crippen molar-refractivity contribution < 1.29 is 9.53 Å². The van der Waals surface area contributed by atoms with Crippen molar-refractivity contribution >= 4 is 18.3 Å². The molecule has 1 aliphatic rings. The SMILES string of the molecule is COc1ccccc1CCNC(=O)C1(C)CCCCN1.Cl. The first kappa shape index (κ1) is 17.8. The zero-order valence-electron chi connectivity index (χ0n) is 12.8. The number of methoxy groups -OCH3 is 1. The lowest BCUT2D eigenvalue weighted by Gasteiger charge is -2.33. The minimum atomic E-state index is -0.404. The Morgan fingerprint density at radius 3 is 2.81 bits per heavy atom. The maximum absolute atomic E-state index is 12.3. The van der Waals surface area contributed by atoms with Crippen LogP contribution in [-0.4, -0.2) is 31.6 Å². The molecular formula is C16H25ClN2O2. The van der Waals surface area contributed by atoms with E-state index in [4.69, 9.17) is 4.74 Å². The number of hydrogen-bond acceptors (Lipinski definition) is 3. The third-order valence-corrected chi connectivity index (χ3v) is 3.99. The smallest absolute Gasteiger partial charge is 0.240 e. The van der Waals surface area contributed by atoms with Crippen molar-refractivity contribution in [1.29, 1.82) is 0 Å². The molecule has 0 aliphatic carbocycles. The highest BCUT2D eigenvalue weighted by atomic mass is 35.5. The van der Waals surface area contributed by atoms with Gasteiger partial charge >= 0.3 is 0 Å². The van der Waals surface area contributed by atoms with Crippen LogP contribution in [0, 0.1) is 0 Å². The fourth-order valence-corrected chi connectivity index (χ4v) is 2.67. The van der Waals surface area contributed by atoms with Gasteiger partial charge in [-0.05, 0) is 50.8 Å². The number of benzene rings is 1. The van der Waals surface area contributed by atoms with Gasteiger partial charge in [0, 0.05) is 6.54 Å². The lowest BCUT2D eigenvalue weighted by atomic mass is 9.90. The Kier molecular flexibility index (Phi) is 6.99. The molecule has 4 nitrogen and oxygen atoms in total. The first-order valence-corrected chi connectivity index (χ1v) is 7.31. The van der Waals surface area contributed by atoms with Crippen LogP contribution in [0.25, 0.3) is 0 Å². The van der Waals surface area contributed by atoms with E-state index in [1.807, 2.05) is 31.2 Å². The van der Waals surface area contributed by atoms with E-state index in [1.165, 1.54) is 0 Å². The number of carbonyl (C=O) groups is 1. The van der Waals surface area contributed by atoms with Gasteiger partial charge in [-0.1, -0.05) is 18.2 Å². The average Bonchev–Trinajstić information content (AvgIpc) is 2.48. The summed E-state index contributed by atoms with van der Waals surface area (Å²) in [4.78, 5) is 12.3. The molecule has 1 unspecified atom stereocenters. The lowest BCUT2D eigenvalue weighted by Crippen LogP contribution is -2.57. The summed E-state index contributed by atoms with van der Waals surface area (Å²) in [6.07, 6.45) is 3.97. The summed E-state index contributed by atoms with van der Waals surface area (Å²) in [5.41, 5.74) is 0.719. The summed E-state index contributed by atoms with van der Waals surface area (Å²) < 4.78 is 5.31. The van der Waals surface area contributed by atoms with Gasteiger partial charge in [-0.25, -0.2) is 0 Å². The molecule has 1 fully saturated rings. The zero-order chi connectivity index (χ0) is 14.4. The minimum Gasteiger partial charge on any atom is -0.496 e. The summed E-state index contributed by atoms with van der Waals surface area (Å²) in [5, 5.41) is 6.37. The van der Waals surface area contributed by atoms with Crippen molar-refractivity contribution in [2.24, 2.45) is 0 Å². The van der Waals surface area contributed by atoms with E-state index in [1.54, 1.807) is 7.11 Å². The van der Waals surface area contributed by atoms with E-state index in [9.17, 15) is 4.79 Å². The van der Waals surface area contributed by atoms with Crippen LogP contribution in [0.4, 0.5) is 0 Å². The summed E-state index contributed by atoms with van der Waals surface area (Å²) in [6.45, 7) is 3.55. The second-order valence-electron chi connectivity index (χ2n) is 5.53. The van der Waals surface area contributed by atoms with Gasteiger partial charge in [-0.2, -0.15) is 0 Å². The number of ether oxygens (including phenoxy) is 1. The van der Waals surface area contributed by atoms with Gasteiger partial charge in [0.05, 0.1) is 12.6 Å². The monoisotopic (exact) mass is 312 g/mol. The highest BCUT2D eigenvalue weighted by Gasteiger charge is 2.33. The number of rotatable bonds is 5. The summed E-state index contributed by atoms with van der Waals surface area (Å²) >= 11 is 0. The number of piperidine rings is 1. The molecular weight excluding hydrogens is 288 g/mol. The lowest BCUT2D eigenvalue weighted by molar-refractivity contribution is -0.127. The van der Waals surface area contributed by atoms with Crippen molar-refractivity contribution in [1.82, 2.24) is 10.6 Å². The Morgan fingerprint density at radius 2 is 2.14 bits per heavy atom. The second kappa shape index (κ2) is 8.25. The van der Waals surface area contributed by atoms with Gasteiger partial charge in [0.2, 0.25) is 5.91 Å². The number of hydrogen-bond donors (Lipinski definition) is 2. The van der Waals surface area contributed by atoms with Crippen LogP contribution in [0.15, 0.2) is 24.3 Å². The molecule has 0 saturated carbocycles. The summed E-state index contributed by atoms with van der Waals surface area (Å²) in [7, 11) is 1.67.